The maximum absolute atomic E-state index is 2.49. The molecule has 0 unspecified atom stereocenters. The molecule has 0 rings (SSSR count). The van der Waals surface area contributed by atoms with Crippen LogP contribution in [0.2, 0.25) is 38.6 Å². The lowest BCUT2D eigenvalue weighted by atomic mass is 9.43. The maximum Gasteiger partial charge on any atom is 0.143 e. The van der Waals surface area contributed by atoms with Crippen molar-refractivity contribution in [2.75, 3.05) is 0 Å². The molecule has 0 heterocycles. The Balaban J connectivity index is 4.46. The van der Waals surface area contributed by atoms with Gasteiger partial charge >= 0.3 is 0 Å². The normalized spacial score (nSPS) is 13.1. The Labute approximate surface area is 92.3 Å². The highest BCUT2D eigenvalue weighted by atomic mass is 28.3. The van der Waals surface area contributed by atoms with E-state index in [-0.39, 0.29) is 0 Å². The second-order valence-electron chi connectivity index (χ2n) is 5.27. The average molecular weight is 210 g/mol. The van der Waals surface area contributed by atoms with Crippen molar-refractivity contribution in [2.45, 2.75) is 65.8 Å². The van der Waals surface area contributed by atoms with Crippen molar-refractivity contribution in [1.29, 1.82) is 0 Å². The molecular formula is C12H27BSi. The van der Waals surface area contributed by atoms with E-state index in [0.29, 0.717) is 0 Å². The quantitative estimate of drug-likeness (QED) is 0.556. The van der Waals surface area contributed by atoms with Gasteiger partial charge < -0.3 is 0 Å². The Kier molecular flexibility index (Phi) is 6.51. The van der Waals surface area contributed by atoms with Gasteiger partial charge in [-0.1, -0.05) is 70.6 Å². The maximum atomic E-state index is 2.49. The van der Waals surface area contributed by atoms with Crippen LogP contribution in [0.15, 0.2) is 11.3 Å². The van der Waals surface area contributed by atoms with Crippen LogP contribution < -0.4 is 0 Å². The SMILES string of the molecule is CC/C=C(\CB(CC)CC)[Si](C)(C)C. The van der Waals surface area contributed by atoms with E-state index in [0.717, 1.165) is 6.71 Å². The predicted molar refractivity (Wildman–Crippen MR) is 73.2 cm³/mol. The van der Waals surface area contributed by atoms with Gasteiger partial charge in [0.25, 0.3) is 0 Å². The zero-order valence-electron chi connectivity index (χ0n) is 11.0. The molecule has 0 aliphatic heterocycles. The third-order valence-electron chi connectivity index (χ3n) is 3.08. The van der Waals surface area contributed by atoms with Crippen LogP contribution in [0.1, 0.15) is 27.2 Å². The molecule has 82 valence electrons. The fraction of sp³-hybridized carbons (Fsp3) is 0.833. The van der Waals surface area contributed by atoms with Crippen LogP contribution in [0.5, 0.6) is 0 Å². The first kappa shape index (κ1) is 14.0. The summed E-state index contributed by atoms with van der Waals surface area (Å²) in [6, 6.07) is 0. The largest absolute Gasteiger partial charge is 0.143 e. The molecule has 0 N–H and O–H groups in total. The van der Waals surface area contributed by atoms with Gasteiger partial charge in [0.1, 0.15) is 6.71 Å². The van der Waals surface area contributed by atoms with Gasteiger partial charge in [0.05, 0.1) is 8.07 Å². The van der Waals surface area contributed by atoms with Crippen LogP contribution in [-0.2, 0) is 0 Å². The average Bonchev–Trinajstić information content (AvgIpc) is 2.10. The number of hydrogen-bond acceptors (Lipinski definition) is 0. The highest BCUT2D eigenvalue weighted by Gasteiger charge is 2.22. The number of rotatable bonds is 6. The highest BCUT2D eigenvalue weighted by Crippen LogP contribution is 2.23. The Morgan fingerprint density at radius 1 is 1.07 bits per heavy atom. The lowest BCUT2D eigenvalue weighted by Gasteiger charge is -2.23. The standard InChI is InChI=1S/C12H27BSi/c1-7-10-12(14(4,5)6)11-13(8-2)9-3/h10H,7-9,11H2,1-6H3/b12-10+. The predicted octanol–water partition coefficient (Wildman–Crippen LogP) is 4.73. The second-order valence-corrected chi connectivity index (χ2v) is 10.4. The van der Waals surface area contributed by atoms with Gasteiger partial charge in [-0.25, -0.2) is 0 Å². The summed E-state index contributed by atoms with van der Waals surface area (Å²) in [6.07, 6.45) is 7.73. The smallest absolute Gasteiger partial charge is 0.0919 e. The molecule has 0 bridgehead atoms. The molecule has 0 aromatic heterocycles. The van der Waals surface area contributed by atoms with Gasteiger partial charge in [-0.05, 0) is 6.42 Å². The molecule has 14 heavy (non-hydrogen) atoms. The van der Waals surface area contributed by atoms with Crippen molar-refractivity contribution in [1.82, 2.24) is 0 Å². The molecule has 0 fully saturated rings. The van der Waals surface area contributed by atoms with Gasteiger partial charge in [-0.15, -0.1) is 0 Å². The van der Waals surface area contributed by atoms with Crippen molar-refractivity contribution in [3.63, 3.8) is 0 Å². The minimum absolute atomic E-state index is 0.916. The van der Waals surface area contributed by atoms with Crippen molar-refractivity contribution < 1.29 is 0 Å². The molecule has 0 saturated carbocycles. The van der Waals surface area contributed by atoms with Crippen molar-refractivity contribution in [2.24, 2.45) is 0 Å². The molecule has 0 saturated heterocycles. The first-order valence-electron chi connectivity index (χ1n) is 6.15. The van der Waals surface area contributed by atoms with Crippen LogP contribution in [0.25, 0.3) is 0 Å². The number of hydrogen-bond donors (Lipinski definition) is 0. The Morgan fingerprint density at radius 3 is 1.86 bits per heavy atom. The van der Waals surface area contributed by atoms with E-state index in [4.69, 9.17) is 0 Å². The van der Waals surface area contributed by atoms with Gasteiger partial charge in [0.15, 0.2) is 0 Å². The summed E-state index contributed by atoms with van der Waals surface area (Å²) in [5.41, 5.74) is 0. The van der Waals surface area contributed by atoms with Crippen LogP contribution >= 0.6 is 0 Å². The fourth-order valence-electron chi connectivity index (χ4n) is 1.83. The van der Waals surface area contributed by atoms with Crippen molar-refractivity contribution in [3.8, 4) is 0 Å². The summed E-state index contributed by atoms with van der Waals surface area (Å²) < 4.78 is 0. The summed E-state index contributed by atoms with van der Waals surface area (Å²) in [4.78, 5) is 0. The van der Waals surface area contributed by atoms with Gasteiger partial charge in [0.2, 0.25) is 0 Å². The first-order chi connectivity index (χ1) is 6.45. The summed E-state index contributed by atoms with van der Waals surface area (Å²) in [5, 5.41) is 1.79. The highest BCUT2D eigenvalue weighted by molar-refractivity contribution is 6.84. The molecule has 0 amide bonds. The molecule has 0 aliphatic carbocycles. The minimum atomic E-state index is -1.04. The molecule has 0 aliphatic rings. The zero-order chi connectivity index (χ0) is 11.2. The third kappa shape index (κ3) is 5.04. The topological polar surface area (TPSA) is 0 Å². The summed E-state index contributed by atoms with van der Waals surface area (Å²) in [7, 11) is -1.04. The molecule has 0 radical (unpaired) electrons. The molecule has 2 heteroatoms. The molecule has 0 aromatic carbocycles. The summed E-state index contributed by atoms with van der Waals surface area (Å²) >= 11 is 0. The van der Waals surface area contributed by atoms with Crippen LogP contribution in [0, 0.1) is 0 Å². The van der Waals surface area contributed by atoms with E-state index in [9.17, 15) is 0 Å². The van der Waals surface area contributed by atoms with Gasteiger partial charge in [-0.3, -0.25) is 0 Å². The van der Waals surface area contributed by atoms with Gasteiger partial charge in [0, 0.05) is 0 Å². The van der Waals surface area contributed by atoms with E-state index in [1.807, 2.05) is 0 Å². The van der Waals surface area contributed by atoms with Crippen molar-refractivity contribution in [3.05, 3.63) is 11.3 Å². The van der Waals surface area contributed by atoms with E-state index in [1.54, 1.807) is 5.20 Å². The number of allylic oxidation sites excluding steroid dienone is 2. The fourth-order valence-corrected chi connectivity index (χ4v) is 3.55. The van der Waals surface area contributed by atoms with E-state index in [1.165, 1.54) is 25.4 Å². The Bertz CT molecular complexity index is 175. The van der Waals surface area contributed by atoms with E-state index >= 15 is 0 Å². The van der Waals surface area contributed by atoms with Crippen LogP contribution in [0.3, 0.4) is 0 Å². The van der Waals surface area contributed by atoms with Gasteiger partial charge in [-0.2, -0.15) is 0 Å². The lowest BCUT2D eigenvalue weighted by molar-refractivity contribution is 1.19. The van der Waals surface area contributed by atoms with E-state index in [2.05, 4.69) is 46.5 Å². The summed E-state index contributed by atoms with van der Waals surface area (Å²) in [6.45, 7) is 15.2. The van der Waals surface area contributed by atoms with Crippen LogP contribution in [-0.4, -0.2) is 14.8 Å². The Morgan fingerprint density at radius 2 is 1.57 bits per heavy atom. The first-order valence-corrected chi connectivity index (χ1v) is 9.65. The summed E-state index contributed by atoms with van der Waals surface area (Å²) in [5.74, 6) is 0. The van der Waals surface area contributed by atoms with Crippen molar-refractivity contribution >= 4 is 14.8 Å². The molecule has 0 aromatic rings. The monoisotopic (exact) mass is 210 g/mol. The zero-order valence-corrected chi connectivity index (χ0v) is 12.0. The second kappa shape index (κ2) is 6.50. The molecule has 0 nitrogen and oxygen atoms in total. The van der Waals surface area contributed by atoms with Crippen LogP contribution in [0.4, 0.5) is 0 Å². The third-order valence-corrected chi connectivity index (χ3v) is 5.41. The molecular weight excluding hydrogens is 183 g/mol. The lowest BCUT2D eigenvalue weighted by Crippen LogP contribution is -2.27. The van der Waals surface area contributed by atoms with E-state index < -0.39 is 8.07 Å². The minimum Gasteiger partial charge on any atom is -0.0919 e. The molecule has 0 spiro atoms. The Hall–Kier alpha value is 0.0218. The molecule has 0 atom stereocenters.